The summed E-state index contributed by atoms with van der Waals surface area (Å²) in [7, 11) is 1.86. The summed E-state index contributed by atoms with van der Waals surface area (Å²) < 4.78 is 1.86. The Morgan fingerprint density at radius 3 is 3.11 bits per heavy atom. The molecule has 1 saturated carbocycles. The van der Waals surface area contributed by atoms with Gasteiger partial charge in [0.25, 0.3) is 0 Å². The van der Waals surface area contributed by atoms with Crippen LogP contribution in [0.1, 0.15) is 31.5 Å². The highest BCUT2D eigenvalue weighted by molar-refractivity contribution is 5.14. The topological polar surface area (TPSA) is 77.4 Å². The Morgan fingerprint density at radius 1 is 1.61 bits per heavy atom. The summed E-state index contributed by atoms with van der Waals surface area (Å²) in [5.41, 5.74) is -0.382. The first kappa shape index (κ1) is 12.6. The van der Waals surface area contributed by atoms with Crippen molar-refractivity contribution in [3.63, 3.8) is 0 Å². The highest BCUT2D eigenvalue weighted by Crippen LogP contribution is 2.37. The maximum absolute atomic E-state index is 9.36. The Kier molecular flexibility index (Phi) is 3.64. The smallest absolute Gasteiger partial charge is 0.212 e. The van der Waals surface area contributed by atoms with Gasteiger partial charge >= 0.3 is 0 Å². The summed E-state index contributed by atoms with van der Waals surface area (Å²) in [6, 6.07) is 4.51. The SMILES string of the molecule is CNC1(C#N)CCCC1CCn1ccnc1C#N. The number of aryl methyl sites for hydroxylation is 1. The first-order valence-corrected chi connectivity index (χ1v) is 6.27. The molecular formula is C13H17N5. The molecule has 1 aliphatic carbocycles. The molecule has 1 heterocycles. The van der Waals surface area contributed by atoms with Crippen LogP contribution in [0.4, 0.5) is 0 Å². The summed E-state index contributed by atoms with van der Waals surface area (Å²) in [5.74, 6) is 0.793. The molecule has 2 atom stereocenters. The highest BCUT2D eigenvalue weighted by Gasteiger charge is 2.41. The van der Waals surface area contributed by atoms with Crippen LogP contribution in [0.25, 0.3) is 0 Å². The molecule has 0 saturated heterocycles. The molecule has 0 bridgehead atoms. The summed E-state index contributed by atoms with van der Waals surface area (Å²) >= 11 is 0. The van der Waals surface area contributed by atoms with Gasteiger partial charge in [-0.3, -0.25) is 0 Å². The van der Waals surface area contributed by atoms with E-state index in [4.69, 9.17) is 5.26 Å². The van der Waals surface area contributed by atoms with Crippen LogP contribution in [-0.2, 0) is 6.54 Å². The van der Waals surface area contributed by atoms with Gasteiger partial charge in [0.15, 0.2) is 0 Å². The van der Waals surface area contributed by atoms with E-state index in [2.05, 4.69) is 22.4 Å². The molecule has 94 valence electrons. The lowest BCUT2D eigenvalue weighted by Crippen LogP contribution is -2.45. The van der Waals surface area contributed by atoms with E-state index in [0.717, 1.165) is 32.2 Å². The zero-order valence-corrected chi connectivity index (χ0v) is 10.6. The molecule has 5 heteroatoms. The average molecular weight is 243 g/mol. The minimum Gasteiger partial charge on any atom is -0.323 e. The normalized spacial score (nSPS) is 26.7. The lowest BCUT2D eigenvalue weighted by atomic mass is 9.86. The van der Waals surface area contributed by atoms with Gasteiger partial charge in [0.1, 0.15) is 11.6 Å². The number of nitrogens with zero attached hydrogens (tertiary/aromatic N) is 4. The van der Waals surface area contributed by atoms with Crippen molar-refractivity contribution in [2.24, 2.45) is 5.92 Å². The number of nitrogens with one attached hydrogen (secondary N) is 1. The van der Waals surface area contributed by atoms with Crippen molar-refractivity contribution in [3.8, 4) is 12.1 Å². The summed E-state index contributed by atoms with van der Waals surface area (Å²) in [6.07, 6.45) is 7.45. The quantitative estimate of drug-likeness (QED) is 0.867. The fourth-order valence-corrected chi connectivity index (χ4v) is 2.90. The van der Waals surface area contributed by atoms with Crippen LogP contribution in [0.2, 0.25) is 0 Å². The number of imidazole rings is 1. The van der Waals surface area contributed by atoms with Crippen LogP contribution in [0.15, 0.2) is 12.4 Å². The van der Waals surface area contributed by atoms with Crippen molar-refractivity contribution in [1.82, 2.24) is 14.9 Å². The molecule has 1 N–H and O–H groups in total. The minimum absolute atomic E-state index is 0.349. The van der Waals surface area contributed by atoms with Crippen LogP contribution in [0.5, 0.6) is 0 Å². The van der Waals surface area contributed by atoms with Gasteiger partial charge in [-0.25, -0.2) is 4.98 Å². The summed E-state index contributed by atoms with van der Waals surface area (Å²) in [4.78, 5) is 3.98. The van der Waals surface area contributed by atoms with E-state index in [1.807, 2.05) is 17.8 Å². The van der Waals surface area contributed by atoms with Gasteiger partial charge in [-0.1, -0.05) is 6.42 Å². The number of rotatable bonds is 4. The van der Waals surface area contributed by atoms with E-state index in [1.165, 1.54) is 0 Å². The van der Waals surface area contributed by atoms with Gasteiger partial charge in [0.2, 0.25) is 5.82 Å². The second-order valence-corrected chi connectivity index (χ2v) is 4.77. The minimum atomic E-state index is -0.382. The molecule has 5 nitrogen and oxygen atoms in total. The first-order chi connectivity index (χ1) is 8.75. The summed E-state index contributed by atoms with van der Waals surface area (Å²) in [6.45, 7) is 0.749. The van der Waals surface area contributed by atoms with Gasteiger partial charge in [0, 0.05) is 18.9 Å². The predicted octanol–water partition coefficient (Wildman–Crippen LogP) is 1.43. The maximum atomic E-state index is 9.36. The highest BCUT2D eigenvalue weighted by atomic mass is 15.1. The molecular weight excluding hydrogens is 226 g/mol. The Labute approximate surface area is 107 Å². The van der Waals surface area contributed by atoms with Gasteiger partial charge in [-0.2, -0.15) is 10.5 Å². The Hall–Kier alpha value is -1.85. The molecule has 1 aromatic heterocycles. The number of aromatic nitrogens is 2. The summed E-state index contributed by atoms with van der Waals surface area (Å²) in [5, 5.41) is 21.4. The van der Waals surface area contributed by atoms with Crippen LogP contribution < -0.4 is 5.32 Å². The third-order valence-corrected chi connectivity index (χ3v) is 4.00. The van der Waals surface area contributed by atoms with Gasteiger partial charge in [-0.05, 0) is 32.2 Å². The molecule has 0 aliphatic heterocycles. The van der Waals surface area contributed by atoms with E-state index in [-0.39, 0.29) is 5.54 Å². The van der Waals surface area contributed by atoms with Crippen molar-refractivity contribution < 1.29 is 0 Å². The lowest BCUT2D eigenvalue weighted by molar-refractivity contribution is 0.307. The standard InChI is InChI=1S/C13H17N5/c1-16-13(10-15)5-2-3-11(13)4-7-18-8-6-17-12(18)9-14/h6,8,11,16H,2-5,7H2,1H3. The van der Waals surface area contributed by atoms with Crippen LogP contribution >= 0.6 is 0 Å². The van der Waals surface area contributed by atoms with E-state index in [1.54, 1.807) is 6.20 Å². The molecule has 2 rings (SSSR count). The zero-order valence-electron chi connectivity index (χ0n) is 10.6. The van der Waals surface area contributed by atoms with Crippen molar-refractivity contribution in [2.75, 3.05) is 7.05 Å². The first-order valence-electron chi connectivity index (χ1n) is 6.27. The second-order valence-electron chi connectivity index (χ2n) is 4.77. The van der Waals surface area contributed by atoms with Crippen LogP contribution in [0, 0.1) is 28.6 Å². The molecule has 1 aliphatic rings. The van der Waals surface area contributed by atoms with Crippen molar-refractivity contribution >= 4 is 0 Å². The molecule has 18 heavy (non-hydrogen) atoms. The van der Waals surface area contributed by atoms with E-state index in [0.29, 0.717) is 11.7 Å². The second kappa shape index (κ2) is 5.20. The number of hydrogen-bond donors (Lipinski definition) is 1. The Bertz CT molecular complexity index is 492. The van der Waals surface area contributed by atoms with E-state index >= 15 is 0 Å². The molecule has 1 fully saturated rings. The van der Waals surface area contributed by atoms with Crippen LogP contribution in [-0.4, -0.2) is 22.1 Å². The third kappa shape index (κ3) is 2.10. The van der Waals surface area contributed by atoms with Crippen molar-refractivity contribution in [1.29, 1.82) is 10.5 Å². The average Bonchev–Trinajstić information content (AvgIpc) is 3.02. The Balaban J connectivity index is 2.03. The zero-order chi connectivity index (χ0) is 13.0. The molecule has 0 amide bonds. The van der Waals surface area contributed by atoms with Crippen molar-refractivity contribution in [2.45, 2.75) is 37.8 Å². The maximum Gasteiger partial charge on any atom is 0.212 e. The predicted molar refractivity (Wildman–Crippen MR) is 66.3 cm³/mol. The van der Waals surface area contributed by atoms with Gasteiger partial charge in [-0.15, -0.1) is 0 Å². The fourth-order valence-electron chi connectivity index (χ4n) is 2.90. The Morgan fingerprint density at radius 2 is 2.44 bits per heavy atom. The largest absolute Gasteiger partial charge is 0.323 e. The molecule has 0 aromatic carbocycles. The molecule has 1 aromatic rings. The molecule has 2 unspecified atom stereocenters. The number of nitriles is 2. The van der Waals surface area contributed by atoms with Crippen molar-refractivity contribution in [3.05, 3.63) is 18.2 Å². The molecule has 0 radical (unpaired) electrons. The fraction of sp³-hybridized carbons (Fsp3) is 0.615. The van der Waals surface area contributed by atoms with Crippen LogP contribution in [0.3, 0.4) is 0 Å². The van der Waals surface area contributed by atoms with E-state index in [9.17, 15) is 5.26 Å². The monoisotopic (exact) mass is 243 g/mol. The third-order valence-electron chi connectivity index (χ3n) is 4.00. The number of hydrogen-bond acceptors (Lipinski definition) is 4. The van der Waals surface area contributed by atoms with E-state index < -0.39 is 0 Å². The van der Waals surface area contributed by atoms with Gasteiger partial charge < -0.3 is 9.88 Å². The molecule has 0 spiro atoms. The van der Waals surface area contributed by atoms with Gasteiger partial charge in [0.05, 0.1) is 6.07 Å². The lowest BCUT2D eigenvalue weighted by Gasteiger charge is -2.28.